The predicted molar refractivity (Wildman–Crippen MR) is 108 cm³/mol. The lowest BCUT2D eigenvalue weighted by Crippen LogP contribution is -2.13. The highest BCUT2D eigenvalue weighted by Crippen LogP contribution is 2.26. The molecule has 0 aliphatic rings. The van der Waals surface area contributed by atoms with Gasteiger partial charge in [-0.05, 0) is 44.9 Å². The van der Waals surface area contributed by atoms with Crippen molar-refractivity contribution in [1.29, 1.82) is 5.26 Å². The van der Waals surface area contributed by atoms with E-state index in [0.717, 1.165) is 0 Å². The maximum atomic E-state index is 11.3. The van der Waals surface area contributed by atoms with Gasteiger partial charge in [-0.2, -0.15) is 5.26 Å². The highest BCUT2D eigenvalue weighted by Gasteiger charge is 2.19. The van der Waals surface area contributed by atoms with Crippen molar-refractivity contribution in [2.75, 3.05) is 10.6 Å². The van der Waals surface area contributed by atoms with E-state index in [1.807, 2.05) is 6.07 Å². The second-order valence-electron chi connectivity index (χ2n) is 6.21. The summed E-state index contributed by atoms with van der Waals surface area (Å²) in [6.07, 6.45) is 0. The zero-order valence-electron chi connectivity index (χ0n) is 16.5. The van der Waals surface area contributed by atoms with Gasteiger partial charge >= 0.3 is 0 Å². The molecule has 4 N–H and O–H groups in total. The van der Waals surface area contributed by atoms with Gasteiger partial charge in [0.25, 0.3) is 0 Å². The quantitative estimate of drug-likeness (QED) is 0.391. The average Bonchev–Trinajstić information content (AvgIpc) is 3.37. The van der Waals surface area contributed by atoms with Gasteiger partial charge in [0.05, 0.1) is 16.9 Å². The number of benzene rings is 2. The normalized spacial score (nSPS) is 10.8. The molecule has 14 nitrogen and oxygen atoms in total. The third kappa shape index (κ3) is 4.66. The van der Waals surface area contributed by atoms with E-state index in [1.165, 1.54) is 26.0 Å². The lowest BCUT2D eigenvalue weighted by Gasteiger charge is -2.03. The van der Waals surface area contributed by atoms with Gasteiger partial charge in [0.2, 0.25) is 21.8 Å². The summed E-state index contributed by atoms with van der Waals surface area (Å²) in [4.78, 5) is 21.6. The molecular weight excluding hydrogens is 444 g/mol. The zero-order chi connectivity index (χ0) is 23.5. The van der Waals surface area contributed by atoms with Crippen LogP contribution in [-0.2, 0) is 19.6 Å². The Hall–Kier alpha value is -4.42. The van der Waals surface area contributed by atoms with Crippen molar-refractivity contribution < 1.29 is 27.3 Å². The van der Waals surface area contributed by atoms with Crippen LogP contribution in [-0.4, -0.2) is 40.9 Å². The van der Waals surface area contributed by atoms with Crippen LogP contribution in [0.25, 0.3) is 22.1 Å². The molecule has 2 amide bonds. The molecule has 0 aliphatic heterocycles. The number of aromatic nitrogens is 4. The number of fused-ring (bicyclic) bond motifs is 2. The first-order chi connectivity index (χ1) is 15.1. The molecule has 4 aromatic rings. The smallest absolute Gasteiger partial charge is 0.240 e. The van der Waals surface area contributed by atoms with Gasteiger partial charge < -0.3 is 10.6 Å². The molecule has 32 heavy (non-hydrogen) atoms. The molecule has 0 atom stereocenters. The molecule has 4 rings (SSSR count). The van der Waals surface area contributed by atoms with Crippen molar-refractivity contribution >= 4 is 55.3 Å². The number of amides is 2. The van der Waals surface area contributed by atoms with Crippen LogP contribution in [0, 0.1) is 11.3 Å². The van der Waals surface area contributed by atoms with Gasteiger partial charge in [-0.1, -0.05) is 0 Å². The third-order valence-corrected chi connectivity index (χ3v) is 4.78. The van der Waals surface area contributed by atoms with Gasteiger partial charge in [-0.25, -0.2) is 22.8 Å². The number of primary sulfonamides is 1. The van der Waals surface area contributed by atoms with Crippen molar-refractivity contribution in [3.8, 4) is 6.07 Å². The fourth-order valence-electron chi connectivity index (χ4n) is 2.61. The summed E-state index contributed by atoms with van der Waals surface area (Å²) in [6.45, 7) is 2.70. The molecule has 164 valence electrons. The van der Waals surface area contributed by atoms with Gasteiger partial charge in [0.15, 0.2) is 22.1 Å². The maximum absolute atomic E-state index is 11.3. The van der Waals surface area contributed by atoms with Gasteiger partial charge in [0.1, 0.15) is 11.0 Å². The standard InChI is InChI=1S/C9H6N4O2.C8H8N4O4S/c1-5(14)11-7-3-2-6(4-10)8-9(7)13-15-12-8;1-4(13)10-5-2-3-6(17(9,14)15)8-7(5)11-16-12-8/h2-3H,1H3,(H,11,14);2-3H,1H3,(H,10,13)(H2,9,14,15). The predicted octanol–water partition coefficient (Wildman–Crippen LogP) is 0.881. The van der Waals surface area contributed by atoms with E-state index in [9.17, 15) is 18.0 Å². The average molecular weight is 458 g/mol. The minimum Gasteiger partial charge on any atom is -0.324 e. The molecule has 0 saturated carbocycles. The minimum absolute atomic E-state index is 0.0150. The van der Waals surface area contributed by atoms with Crippen LogP contribution in [0.4, 0.5) is 11.4 Å². The van der Waals surface area contributed by atoms with Crippen LogP contribution in [0.1, 0.15) is 19.4 Å². The van der Waals surface area contributed by atoms with E-state index in [-0.39, 0.29) is 27.7 Å². The molecule has 15 heteroatoms. The van der Waals surface area contributed by atoms with E-state index in [0.29, 0.717) is 28.0 Å². The first-order valence-electron chi connectivity index (χ1n) is 8.60. The summed E-state index contributed by atoms with van der Waals surface area (Å²) in [6, 6.07) is 7.70. The van der Waals surface area contributed by atoms with Crippen molar-refractivity contribution in [1.82, 2.24) is 20.6 Å². The van der Waals surface area contributed by atoms with E-state index in [1.54, 1.807) is 12.1 Å². The number of nitrogens with zero attached hydrogens (tertiary/aromatic N) is 5. The third-order valence-electron chi connectivity index (χ3n) is 3.84. The van der Waals surface area contributed by atoms with Crippen LogP contribution in [0.5, 0.6) is 0 Å². The van der Waals surface area contributed by atoms with E-state index < -0.39 is 10.0 Å². The molecule has 2 aromatic heterocycles. The highest BCUT2D eigenvalue weighted by molar-refractivity contribution is 7.89. The first-order valence-corrected chi connectivity index (χ1v) is 10.1. The molecule has 0 aliphatic carbocycles. The van der Waals surface area contributed by atoms with Crippen LogP contribution < -0.4 is 15.8 Å². The Morgan fingerprint density at radius 3 is 1.84 bits per heavy atom. The van der Waals surface area contributed by atoms with Crippen molar-refractivity contribution in [3.05, 3.63) is 29.8 Å². The Labute approximate surface area is 179 Å². The number of sulfonamides is 1. The van der Waals surface area contributed by atoms with Gasteiger partial charge in [-0.3, -0.25) is 9.59 Å². The molecule has 2 aromatic carbocycles. The zero-order valence-corrected chi connectivity index (χ0v) is 17.3. The fourth-order valence-corrected chi connectivity index (χ4v) is 3.27. The number of carbonyl (C=O) groups is 2. The second kappa shape index (κ2) is 8.75. The van der Waals surface area contributed by atoms with Crippen LogP contribution in [0.2, 0.25) is 0 Å². The summed E-state index contributed by atoms with van der Waals surface area (Å²) < 4.78 is 31.5. The topological polar surface area (TPSA) is 220 Å². The molecular formula is C17H14N8O6S. The number of nitriles is 1. The number of nitrogens with two attached hydrogens (primary N) is 1. The van der Waals surface area contributed by atoms with Gasteiger partial charge in [0, 0.05) is 13.8 Å². The Morgan fingerprint density at radius 1 is 0.875 bits per heavy atom. The highest BCUT2D eigenvalue weighted by atomic mass is 32.2. The summed E-state index contributed by atoms with van der Waals surface area (Å²) >= 11 is 0. The van der Waals surface area contributed by atoms with E-state index >= 15 is 0 Å². The van der Waals surface area contributed by atoms with Crippen molar-refractivity contribution in [2.45, 2.75) is 18.7 Å². The minimum atomic E-state index is -3.92. The maximum Gasteiger partial charge on any atom is 0.240 e. The number of hydrogen-bond donors (Lipinski definition) is 3. The molecule has 0 radical (unpaired) electrons. The lowest BCUT2D eigenvalue weighted by atomic mass is 10.2. The molecule has 0 unspecified atom stereocenters. The Morgan fingerprint density at radius 2 is 1.34 bits per heavy atom. The van der Waals surface area contributed by atoms with Crippen LogP contribution >= 0.6 is 0 Å². The summed E-state index contributed by atoms with van der Waals surface area (Å²) in [7, 11) is -3.92. The molecule has 0 saturated heterocycles. The second-order valence-corrected chi connectivity index (χ2v) is 7.74. The summed E-state index contributed by atoms with van der Waals surface area (Å²) in [5.74, 6) is -0.540. The lowest BCUT2D eigenvalue weighted by molar-refractivity contribution is -0.115. The number of rotatable bonds is 3. The van der Waals surface area contributed by atoms with Crippen molar-refractivity contribution in [3.63, 3.8) is 0 Å². The number of hydrogen-bond acceptors (Lipinski definition) is 11. The number of nitrogens with one attached hydrogen (secondary N) is 2. The van der Waals surface area contributed by atoms with Crippen LogP contribution in [0.3, 0.4) is 0 Å². The Kier molecular flexibility index (Phi) is 6.09. The Balaban J connectivity index is 0.000000182. The molecule has 2 heterocycles. The SMILES string of the molecule is CC(=O)Nc1ccc(C#N)c2nonc12.CC(=O)Nc1ccc(S(N)(=O)=O)c2nonc12. The van der Waals surface area contributed by atoms with Gasteiger partial charge in [-0.15, -0.1) is 0 Å². The molecule has 0 spiro atoms. The summed E-state index contributed by atoms with van der Waals surface area (Å²) in [5, 5.41) is 33.0. The van der Waals surface area contributed by atoms with E-state index in [2.05, 4.69) is 40.5 Å². The van der Waals surface area contributed by atoms with Crippen molar-refractivity contribution in [2.24, 2.45) is 5.14 Å². The summed E-state index contributed by atoms with van der Waals surface area (Å²) in [5.41, 5.74) is 2.00. The molecule has 0 bridgehead atoms. The first kappa shape index (κ1) is 22.3. The monoisotopic (exact) mass is 458 g/mol. The number of carbonyl (C=O) groups excluding carboxylic acids is 2. The number of anilines is 2. The Bertz CT molecular complexity index is 1480. The molecule has 0 fully saturated rings. The largest absolute Gasteiger partial charge is 0.324 e. The fraction of sp³-hybridized carbons (Fsp3) is 0.118. The van der Waals surface area contributed by atoms with E-state index in [4.69, 9.17) is 10.4 Å². The van der Waals surface area contributed by atoms with Crippen LogP contribution in [0.15, 0.2) is 38.4 Å².